The van der Waals surface area contributed by atoms with Gasteiger partial charge in [0.25, 0.3) is 0 Å². The van der Waals surface area contributed by atoms with Crippen molar-refractivity contribution in [3.8, 4) is 0 Å². The first-order valence-electron chi connectivity index (χ1n) is 8.57. The van der Waals surface area contributed by atoms with Gasteiger partial charge in [0.2, 0.25) is 10.0 Å². The van der Waals surface area contributed by atoms with E-state index in [4.69, 9.17) is 4.74 Å². The highest BCUT2D eigenvalue weighted by atomic mass is 32.2. The summed E-state index contributed by atoms with van der Waals surface area (Å²) >= 11 is 0. The average Bonchev–Trinajstić information content (AvgIpc) is 2.96. The van der Waals surface area contributed by atoms with Crippen molar-refractivity contribution in [1.29, 1.82) is 0 Å². The van der Waals surface area contributed by atoms with Crippen LogP contribution >= 0.6 is 0 Å². The molecule has 0 bridgehead atoms. The lowest BCUT2D eigenvalue weighted by atomic mass is 10.2. The molecule has 0 fully saturated rings. The van der Waals surface area contributed by atoms with Crippen LogP contribution in [0.3, 0.4) is 0 Å². The number of aromatic nitrogens is 2. The first-order valence-corrected chi connectivity index (χ1v) is 10.0. The van der Waals surface area contributed by atoms with Gasteiger partial charge in [-0.05, 0) is 43.7 Å². The van der Waals surface area contributed by atoms with E-state index in [0.29, 0.717) is 6.54 Å². The van der Waals surface area contributed by atoms with Crippen molar-refractivity contribution in [2.24, 2.45) is 0 Å². The van der Waals surface area contributed by atoms with E-state index in [1.807, 2.05) is 31.2 Å². The van der Waals surface area contributed by atoms with E-state index in [9.17, 15) is 13.2 Å². The topological polar surface area (TPSA) is 90.3 Å². The van der Waals surface area contributed by atoms with E-state index < -0.39 is 22.5 Å². The fourth-order valence-corrected chi connectivity index (χ4v) is 3.77. The van der Waals surface area contributed by atoms with Crippen LogP contribution in [0, 0.1) is 6.92 Å². The van der Waals surface area contributed by atoms with Crippen LogP contribution in [0.25, 0.3) is 11.0 Å². The third-order valence-electron chi connectivity index (χ3n) is 4.13. The Balaban J connectivity index is 1.75. The highest BCUT2D eigenvalue weighted by Crippen LogP contribution is 2.18. The lowest BCUT2D eigenvalue weighted by Gasteiger charge is -2.09. The average molecular weight is 387 g/mol. The molecule has 2 aromatic carbocycles. The number of ether oxygens (including phenoxy) is 1. The third kappa shape index (κ3) is 4.35. The number of nitrogens with zero attached hydrogens (tertiary/aromatic N) is 2. The Labute approximate surface area is 158 Å². The SMILES string of the molecule is CCOC(=O)CNS(=O)(=O)c1ccc(Cn2c(C)nc3ccccc32)cc1. The predicted molar refractivity (Wildman–Crippen MR) is 102 cm³/mol. The number of carbonyl (C=O) groups is 1. The first-order chi connectivity index (χ1) is 12.9. The Hall–Kier alpha value is -2.71. The van der Waals surface area contributed by atoms with Gasteiger partial charge in [-0.2, -0.15) is 4.72 Å². The van der Waals surface area contributed by atoms with Gasteiger partial charge >= 0.3 is 5.97 Å². The van der Waals surface area contributed by atoms with Gasteiger partial charge < -0.3 is 9.30 Å². The largest absolute Gasteiger partial charge is 0.465 e. The number of carbonyl (C=O) groups excluding carboxylic acids is 1. The second-order valence-electron chi connectivity index (χ2n) is 6.01. The van der Waals surface area contributed by atoms with E-state index in [0.717, 1.165) is 22.4 Å². The molecule has 27 heavy (non-hydrogen) atoms. The maximum Gasteiger partial charge on any atom is 0.321 e. The second kappa shape index (κ2) is 7.89. The van der Waals surface area contributed by atoms with Gasteiger partial charge in [0.05, 0.1) is 22.5 Å². The highest BCUT2D eigenvalue weighted by Gasteiger charge is 2.16. The molecule has 1 aromatic heterocycles. The van der Waals surface area contributed by atoms with Crippen LogP contribution in [0.1, 0.15) is 18.3 Å². The summed E-state index contributed by atoms with van der Waals surface area (Å²) in [5.41, 5.74) is 2.91. The van der Waals surface area contributed by atoms with Crippen molar-refractivity contribution in [3.05, 3.63) is 59.9 Å². The van der Waals surface area contributed by atoms with E-state index in [2.05, 4.69) is 14.3 Å². The minimum absolute atomic E-state index is 0.0998. The summed E-state index contributed by atoms with van der Waals surface area (Å²) in [6.07, 6.45) is 0. The number of benzene rings is 2. The normalized spacial score (nSPS) is 11.6. The molecular weight excluding hydrogens is 366 g/mol. The quantitative estimate of drug-likeness (QED) is 0.628. The number of esters is 1. The van der Waals surface area contributed by atoms with Gasteiger partial charge in [0.1, 0.15) is 12.4 Å². The van der Waals surface area contributed by atoms with Crippen LogP contribution < -0.4 is 4.72 Å². The molecule has 0 spiro atoms. The van der Waals surface area contributed by atoms with E-state index >= 15 is 0 Å². The summed E-state index contributed by atoms with van der Waals surface area (Å²) in [7, 11) is -3.77. The minimum atomic E-state index is -3.77. The fraction of sp³-hybridized carbons (Fsp3) is 0.263. The maximum atomic E-state index is 12.3. The van der Waals surface area contributed by atoms with Crippen LogP contribution in [0.2, 0.25) is 0 Å². The predicted octanol–water partition coefficient (Wildman–Crippen LogP) is 2.23. The van der Waals surface area contributed by atoms with Crippen LogP contribution in [0.4, 0.5) is 0 Å². The van der Waals surface area contributed by atoms with Crippen LogP contribution in [-0.4, -0.2) is 37.1 Å². The molecule has 0 aliphatic heterocycles. The van der Waals surface area contributed by atoms with Gasteiger partial charge in [0.15, 0.2) is 0 Å². The van der Waals surface area contributed by atoms with Crippen LogP contribution in [0.15, 0.2) is 53.4 Å². The summed E-state index contributed by atoms with van der Waals surface area (Å²) in [6, 6.07) is 14.4. The Bertz CT molecular complexity index is 1060. The molecule has 3 rings (SSSR count). The molecule has 0 unspecified atom stereocenters. The van der Waals surface area contributed by atoms with Crippen molar-refractivity contribution in [1.82, 2.24) is 14.3 Å². The molecule has 3 aromatic rings. The number of hydrogen-bond donors (Lipinski definition) is 1. The number of aryl methyl sites for hydroxylation is 1. The highest BCUT2D eigenvalue weighted by molar-refractivity contribution is 7.89. The van der Waals surface area contributed by atoms with Crippen molar-refractivity contribution in [2.45, 2.75) is 25.3 Å². The molecule has 0 aliphatic rings. The maximum absolute atomic E-state index is 12.3. The zero-order valence-electron chi connectivity index (χ0n) is 15.2. The lowest BCUT2D eigenvalue weighted by molar-refractivity contribution is -0.141. The monoisotopic (exact) mass is 387 g/mol. The second-order valence-corrected chi connectivity index (χ2v) is 7.77. The van der Waals surface area contributed by atoms with E-state index in [1.54, 1.807) is 19.1 Å². The van der Waals surface area contributed by atoms with Crippen molar-refractivity contribution in [2.75, 3.05) is 13.2 Å². The molecule has 142 valence electrons. The van der Waals surface area contributed by atoms with E-state index in [1.165, 1.54) is 12.1 Å². The number of imidazole rings is 1. The lowest BCUT2D eigenvalue weighted by Crippen LogP contribution is -2.30. The Morgan fingerprint density at radius 1 is 1.15 bits per heavy atom. The van der Waals surface area contributed by atoms with Crippen molar-refractivity contribution >= 4 is 27.0 Å². The summed E-state index contributed by atoms with van der Waals surface area (Å²) in [5, 5.41) is 0. The number of hydrogen-bond acceptors (Lipinski definition) is 5. The Morgan fingerprint density at radius 2 is 1.85 bits per heavy atom. The van der Waals surface area contributed by atoms with Gasteiger partial charge in [0, 0.05) is 6.54 Å². The fourth-order valence-electron chi connectivity index (χ4n) is 2.80. The van der Waals surface area contributed by atoms with Crippen molar-refractivity contribution in [3.63, 3.8) is 0 Å². The van der Waals surface area contributed by atoms with Crippen LogP contribution in [0.5, 0.6) is 0 Å². The Kier molecular flexibility index (Phi) is 5.57. The summed E-state index contributed by atoms with van der Waals surface area (Å²) in [6.45, 7) is 4.01. The van der Waals surface area contributed by atoms with Crippen LogP contribution in [-0.2, 0) is 26.1 Å². The minimum Gasteiger partial charge on any atom is -0.465 e. The van der Waals surface area contributed by atoms with E-state index in [-0.39, 0.29) is 11.5 Å². The molecule has 0 atom stereocenters. The van der Waals surface area contributed by atoms with Gasteiger partial charge in [-0.1, -0.05) is 24.3 Å². The summed E-state index contributed by atoms with van der Waals surface area (Å²) < 4.78 is 33.6. The molecule has 0 saturated heterocycles. The zero-order valence-corrected chi connectivity index (χ0v) is 16.0. The summed E-state index contributed by atoms with van der Waals surface area (Å²) in [4.78, 5) is 16.0. The number of sulfonamides is 1. The molecule has 1 heterocycles. The molecule has 0 radical (unpaired) electrons. The first kappa shape index (κ1) is 19.1. The number of para-hydroxylation sites is 2. The molecular formula is C19H21N3O4S. The molecule has 0 saturated carbocycles. The standard InChI is InChI=1S/C19H21N3O4S/c1-3-26-19(23)12-20-27(24,25)16-10-8-15(9-11-16)13-22-14(2)21-17-6-4-5-7-18(17)22/h4-11,20H,3,12-13H2,1-2H3. The Morgan fingerprint density at radius 3 is 2.56 bits per heavy atom. The number of fused-ring (bicyclic) bond motifs is 1. The van der Waals surface area contributed by atoms with Gasteiger partial charge in [-0.3, -0.25) is 4.79 Å². The zero-order chi connectivity index (χ0) is 19.4. The third-order valence-corrected chi connectivity index (χ3v) is 5.55. The molecule has 7 nitrogen and oxygen atoms in total. The summed E-state index contributed by atoms with van der Waals surface area (Å²) in [5.74, 6) is 0.282. The van der Waals surface area contributed by atoms with Crippen molar-refractivity contribution < 1.29 is 17.9 Å². The molecule has 1 N–H and O–H groups in total. The molecule has 0 aliphatic carbocycles. The van der Waals surface area contributed by atoms with Gasteiger partial charge in [-0.15, -0.1) is 0 Å². The molecule has 0 amide bonds. The number of nitrogens with one attached hydrogen (secondary N) is 1. The molecule has 8 heteroatoms. The number of rotatable bonds is 7. The van der Waals surface area contributed by atoms with Gasteiger partial charge in [-0.25, -0.2) is 13.4 Å². The smallest absolute Gasteiger partial charge is 0.321 e.